The topological polar surface area (TPSA) is 17.1 Å². The molecule has 0 amide bonds. The fourth-order valence-electron chi connectivity index (χ4n) is 0.546. The minimum atomic E-state index is 0.618. The van der Waals surface area contributed by atoms with Gasteiger partial charge in [0, 0.05) is 6.42 Å². The summed E-state index contributed by atoms with van der Waals surface area (Å²) >= 11 is 0. The zero-order chi connectivity index (χ0) is 7.66. The summed E-state index contributed by atoms with van der Waals surface area (Å²) in [6.45, 7) is 2.13. The van der Waals surface area contributed by atoms with Crippen LogP contribution in [0.3, 0.4) is 0 Å². The second-order valence-corrected chi connectivity index (χ2v) is 2.11. The highest BCUT2D eigenvalue weighted by molar-refractivity contribution is 5.49. The van der Waals surface area contributed by atoms with Crippen LogP contribution in [0.1, 0.15) is 32.6 Å². The summed E-state index contributed by atoms with van der Waals surface area (Å²) in [4.78, 5) is 9.84. The molecule has 0 aromatic rings. The third-order valence-electron chi connectivity index (χ3n) is 1.10. The van der Waals surface area contributed by atoms with Crippen molar-refractivity contribution in [3.63, 3.8) is 0 Å². The maximum atomic E-state index is 9.84. The van der Waals surface area contributed by atoms with Crippen LogP contribution in [-0.2, 0) is 4.79 Å². The Balaban J connectivity index is 3.25. The van der Waals surface area contributed by atoms with E-state index in [9.17, 15) is 4.79 Å². The molecule has 0 bridgehead atoms. The lowest BCUT2D eigenvalue weighted by Crippen LogP contribution is -1.68. The first-order chi connectivity index (χ1) is 4.91. The number of unbranched alkanes of at least 4 members (excludes halogenated alkanes) is 2. The SMILES string of the molecule is CCCC=C=CCCC=O. The van der Waals surface area contributed by atoms with E-state index in [0.29, 0.717) is 6.42 Å². The summed E-state index contributed by atoms with van der Waals surface area (Å²) in [5.41, 5.74) is 3.01. The van der Waals surface area contributed by atoms with E-state index in [-0.39, 0.29) is 0 Å². The van der Waals surface area contributed by atoms with Gasteiger partial charge in [-0.2, -0.15) is 0 Å². The fourth-order valence-corrected chi connectivity index (χ4v) is 0.546. The normalized spacial score (nSPS) is 8.10. The van der Waals surface area contributed by atoms with E-state index in [1.54, 1.807) is 0 Å². The smallest absolute Gasteiger partial charge is 0.120 e. The van der Waals surface area contributed by atoms with Gasteiger partial charge in [-0.15, -0.1) is 5.73 Å². The van der Waals surface area contributed by atoms with Crippen LogP contribution in [0.25, 0.3) is 0 Å². The van der Waals surface area contributed by atoms with E-state index in [1.165, 1.54) is 0 Å². The lowest BCUT2D eigenvalue weighted by Gasteiger charge is -1.78. The molecule has 10 heavy (non-hydrogen) atoms. The third-order valence-corrected chi connectivity index (χ3v) is 1.10. The van der Waals surface area contributed by atoms with E-state index in [4.69, 9.17) is 0 Å². The summed E-state index contributed by atoms with van der Waals surface area (Å²) < 4.78 is 0. The quantitative estimate of drug-likeness (QED) is 0.324. The zero-order valence-corrected chi connectivity index (χ0v) is 6.47. The number of hydrogen-bond donors (Lipinski definition) is 0. The van der Waals surface area contributed by atoms with Gasteiger partial charge in [-0.1, -0.05) is 13.3 Å². The molecule has 0 unspecified atom stereocenters. The van der Waals surface area contributed by atoms with Gasteiger partial charge in [0.1, 0.15) is 6.29 Å². The van der Waals surface area contributed by atoms with Crippen molar-refractivity contribution in [1.29, 1.82) is 0 Å². The highest BCUT2D eigenvalue weighted by atomic mass is 16.1. The molecular formula is C9H14O. The Morgan fingerprint density at radius 2 is 1.90 bits per heavy atom. The summed E-state index contributed by atoms with van der Waals surface area (Å²) in [5, 5.41) is 0. The van der Waals surface area contributed by atoms with Crippen LogP contribution in [0.5, 0.6) is 0 Å². The van der Waals surface area contributed by atoms with E-state index >= 15 is 0 Å². The molecule has 56 valence electrons. The monoisotopic (exact) mass is 138 g/mol. The van der Waals surface area contributed by atoms with Gasteiger partial charge < -0.3 is 4.79 Å². The molecule has 0 aromatic carbocycles. The Morgan fingerprint density at radius 3 is 2.50 bits per heavy atom. The average Bonchev–Trinajstić information content (AvgIpc) is 1.97. The average molecular weight is 138 g/mol. The Morgan fingerprint density at radius 1 is 1.20 bits per heavy atom. The molecule has 0 saturated heterocycles. The highest BCUT2D eigenvalue weighted by Crippen LogP contribution is 1.88. The van der Waals surface area contributed by atoms with Gasteiger partial charge in [0.25, 0.3) is 0 Å². The number of rotatable bonds is 5. The lowest BCUT2D eigenvalue weighted by molar-refractivity contribution is -0.107. The molecule has 0 aliphatic carbocycles. The summed E-state index contributed by atoms with van der Waals surface area (Å²) in [7, 11) is 0. The summed E-state index contributed by atoms with van der Waals surface area (Å²) in [5.74, 6) is 0. The molecule has 0 heterocycles. The second kappa shape index (κ2) is 8.19. The third kappa shape index (κ3) is 7.19. The number of hydrogen-bond acceptors (Lipinski definition) is 1. The van der Waals surface area contributed by atoms with Gasteiger partial charge in [0.2, 0.25) is 0 Å². The minimum Gasteiger partial charge on any atom is -0.303 e. The lowest BCUT2D eigenvalue weighted by atomic mass is 10.3. The van der Waals surface area contributed by atoms with Gasteiger partial charge in [-0.25, -0.2) is 0 Å². The Hall–Kier alpha value is -0.810. The van der Waals surface area contributed by atoms with E-state index < -0.39 is 0 Å². The molecule has 0 aliphatic heterocycles. The molecule has 0 saturated carbocycles. The first-order valence-electron chi connectivity index (χ1n) is 3.74. The molecule has 1 heteroatoms. The van der Waals surface area contributed by atoms with Crippen LogP contribution in [-0.4, -0.2) is 6.29 Å². The maximum Gasteiger partial charge on any atom is 0.120 e. The van der Waals surface area contributed by atoms with Crippen molar-refractivity contribution in [3.05, 3.63) is 17.9 Å². The predicted octanol–water partition coefficient (Wildman–Crippen LogP) is 2.48. The molecule has 1 nitrogen and oxygen atoms in total. The van der Waals surface area contributed by atoms with Crippen LogP contribution >= 0.6 is 0 Å². The molecule has 0 atom stereocenters. The van der Waals surface area contributed by atoms with Crippen molar-refractivity contribution in [2.24, 2.45) is 0 Å². The number of aldehydes is 1. The molecule has 0 spiro atoms. The zero-order valence-electron chi connectivity index (χ0n) is 6.47. The van der Waals surface area contributed by atoms with Gasteiger partial charge in [-0.05, 0) is 25.0 Å². The predicted molar refractivity (Wildman–Crippen MR) is 42.9 cm³/mol. The van der Waals surface area contributed by atoms with E-state index in [0.717, 1.165) is 25.5 Å². The van der Waals surface area contributed by atoms with Crippen LogP contribution < -0.4 is 0 Å². The van der Waals surface area contributed by atoms with Crippen molar-refractivity contribution in [1.82, 2.24) is 0 Å². The Labute approximate surface area is 62.4 Å². The molecule has 0 fully saturated rings. The maximum absolute atomic E-state index is 9.84. The van der Waals surface area contributed by atoms with Crippen molar-refractivity contribution < 1.29 is 4.79 Å². The van der Waals surface area contributed by atoms with Crippen molar-refractivity contribution in [3.8, 4) is 0 Å². The molecule has 0 rings (SSSR count). The number of carbonyl (C=O) groups is 1. The number of carbonyl (C=O) groups excluding carboxylic acids is 1. The number of allylic oxidation sites excluding steroid dienone is 1. The van der Waals surface area contributed by atoms with Crippen LogP contribution in [0.15, 0.2) is 17.9 Å². The Bertz CT molecular complexity index is 130. The van der Waals surface area contributed by atoms with Crippen LogP contribution in [0, 0.1) is 0 Å². The van der Waals surface area contributed by atoms with Crippen molar-refractivity contribution in [2.45, 2.75) is 32.6 Å². The summed E-state index contributed by atoms with van der Waals surface area (Å²) in [6.07, 6.45) is 8.52. The van der Waals surface area contributed by atoms with Gasteiger partial charge in [-0.3, -0.25) is 0 Å². The molecule has 0 aromatic heterocycles. The molecule has 0 aliphatic rings. The first kappa shape index (κ1) is 9.19. The van der Waals surface area contributed by atoms with E-state index in [1.807, 2.05) is 12.2 Å². The highest BCUT2D eigenvalue weighted by Gasteiger charge is 1.74. The summed E-state index contributed by atoms with van der Waals surface area (Å²) in [6, 6.07) is 0. The van der Waals surface area contributed by atoms with Crippen LogP contribution in [0.2, 0.25) is 0 Å². The fraction of sp³-hybridized carbons (Fsp3) is 0.556. The first-order valence-corrected chi connectivity index (χ1v) is 3.74. The van der Waals surface area contributed by atoms with Gasteiger partial charge in [0.15, 0.2) is 0 Å². The van der Waals surface area contributed by atoms with Crippen LogP contribution in [0.4, 0.5) is 0 Å². The second-order valence-electron chi connectivity index (χ2n) is 2.11. The minimum absolute atomic E-state index is 0.618. The largest absolute Gasteiger partial charge is 0.303 e. The molecular weight excluding hydrogens is 124 g/mol. The van der Waals surface area contributed by atoms with E-state index in [2.05, 4.69) is 12.7 Å². The standard InChI is InChI=1S/C9H14O/c1-2-3-4-5-6-7-8-9-10/h4,6,9H,2-3,7-8H2,1H3. The van der Waals surface area contributed by atoms with Crippen molar-refractivity contribution >= 4 is 6.29 Å². The molecule has 0 N–H and O–H groups in total. The molecule has 0 radical (unpaired) electrons. The Kier molecular flexibility index (Phi) is 7.53. The van der Waals surface area contributed by atoms with Gasteiger partial charge >= 0.3 is 0 Å². The van der Waals surface area contributed by atoms with Gasteiger partial charge in [0.05, 0.1) is 0 Å². The van der Waals surface area contributed by atoms with Crippen molar-refractivity contribution in [2.75, 3.05) is 0 Å².